The van der Waals surface area contributed by atoms with Crippen LogP contribution in [0.15, 0.2) is 30.6 Å². The summed E-state index contributed by atoms with van der Waals surface area (Å²) in [5.74, 6) is 1.54. The van der Waals surface area contributed by atoms with Crippen LogP contribution in [0.2, 0.25) is 0 Å². The maximum Gasteiger partial charge on any atom is 0.140 e. The van der Waals surface area contributed by atoms with Crippen molar-refractivity contribution in [3.8, 4) is 5.75 Å². The highest BCUT2D eigenvalue weighted by atomic mass is 32.1. The Kier molecular flexibility index (Phi) is 5.22. The van der Waals surface area contributed by atoms with Crippen LogP contribution in [0.1, 0.15) is 17.4 Å². The molecule has 0 radical (unpaired) electrons. The van der Waals surface area contributed by atoms with E-state index in [1.54, 1.807) is 36.9 Å². The van der Waals surface area contributed by atoms with Crippen LogP contribution in [-0.4, -0.2) is 48.2 Å². The van der Waals surface area contributed by atoms with E-state index >= 15 is 0 Å². The number of aryl methyl sites for hydroxylation is 1. The SMILES string of the molecule is CCc1cc2c(N3CCN(Cc4cc(F)ccc4OC)CC3)ncnc2s1. The van der Waals surface area contributed by atoms with E-state index in [0.29, 0.717) is 6.54 Å². The number of thiophene rings is 1. The minimum Gasteiger partial charge on any atom is -0.496 e. The summed E-state index contributed by atoms with van der Waals surface area (Å²) in [6.45, 7) is 6.43. The smallest absolute Gasteiger partial charge is 0.140 e. The number of anilines is 1. The zero-order chi connectivity index (χ0) is 18.8. The summed E-state index contributed by atoms with van der Waals surface area (Å²) >= 11 is 1.75. The fourth-order valence-corrected chi connectivity index (χ4v) is 4.48. The van der Waals surface area contributed by atoms with Gasteiger partial charge in [-0.25, -0.2) is 14.4 Å². The third kappa shape index (κ3) is 3.75. The molecule has 7 heteroatoms. The van der Waals surface area contributed by atoms with Crippen molar-refractivity contribution in [2.45, 2.75) is 19.9 Å². The number of nitrogens with zero attached hydrogens (tertiary/aromatic N) is 4. The number of benzene rings is 1. The van der Waals surface area contributed by atoms with Gasteiger partial charge in [0.15, 0.2) is 0 Å². The maximum atomic E-state index is 13.6. The van der Waals surface area contributed by atoms with Crippen LogP contribution in [-0.2, 0) is 13.0 Å². The minimum absolute atomic E-state index is 0.225. The molecule has 0 saturated carbocycles. The Bertz CT molecular complexity index is 937. The number of methoxy groups -OCH3 is 1. The molecule has 4 rings (SSSR count). The summed E-state index contributed by atoms with van der Waals surface area (Å²) < 4.78 is 19.0. The van der Waals surface area contributed by atoms with Gasteiger partial charge in [-0.05, 0) is 30.7 Å². The highest BCUT2D eigenvalue weighted by Crippen LogP contribution is 2.31. The van der Waals surface area contributed by atoms with Crippen molar-refractivity contribution < 1.29 is 9.13 Å². The Morgan fingerprint density at radius 1 is 1.15 bits per heavy atom. The van der Waals surface area contributed by atoms with Crippen molar-refractivity contribution >= 4 is 27.4 Å². The summed E-state index contributed by atoms with van der Waals surface area (Å²) in [5, 5.41) is 1.15. The number of hydrogen-bond donors (Lipinski definition) is 0. The zero-order valence-corrected chi connectivity index (χ0v) is 16.4. The van der Waals surface area contributed by atoms with Gasteiger partial charge < -0.3 is 9.64 Å². The standard InChI is InChI=1S/C20H23FN4OS/c1-3-16-11-17-19(22-13-23-20(17)27-16)25-8-6-24(7-9-25)12-14-10-15(21)4-5-18(14)26-2/h4-5,10-11,13H,3,6-9,12H2,1-2H3. The van der Waals surface area contributed by atoms with Crippen molar-refractivity contribution in [2.75, 3.05) is 38.2 Å². The number of fused-ring (bicyclic) bond motifs is 1. The van der Waals surface area contributed by atoms with E-state index in [0.717, 1.165) is 59.9 Å². The highest BCUT2D eigenvalue weighted by molar-refractivity contribution is 7.18. The van der Waals surface area contributed by atoms with Crippen LogP contribution >= 0.6 is 11.3 Å². The first-order valence-corrected chi connectivity index (χ1v) is 10.0. The van der Waals surface area contributed by atoms with Gasteiger partial charge in [0.1, 0.15) is 28.5 Å². The number of hydrogen-bond acceptors (Lipinski definition) is 6. The third-order valence-corrected chi connectivity index (χ3v) is 6.20. The predicted octanol–water partition coefficient (Wildman–Crippen LogP) is 3.72. The second kappa shape index (κ2) is 7.78. The minimum atomic E-state index is -0.225. The molecule has 0 amide bonds. The van der Waals surface area contributed by atoms with Gasteiger partial charge in [0, 0.05) is 43.2 Å². The molecule has 3 heterocycles. The van der Waals surface area contributed by atoms with Gasteiger partial charge in [0.2, 0.25) is 0 Å². The molecule has 0 aliphatic carbocycles. The largest absolute Gasteiger partial charge is 0.496 e. The summed E-state index contributed by atoms with van der Waals surface area (Å²) in [6.07, 6.45) is 2.68. The van der Waals surface area contributed by atoms with Crippen LogP contribution in [0.5, 0.6) is 5.75 Å². The Hall–Kier alpha value is -2.25. The molecule has 0 bridgehead atoms. The average molecular weight is 386 g/mol. The number of piperazine rings is 1. The van der Waals surface area contributed by atoms with E-state index in [4.69, 9.17) is 4.74 Å². The normalized spacial score (nSPS) is 15.4. The molecule has 2 aromatic heterocycles. The van der Waals surface area contributed by atoms with Crippen LogP contribution in [0.3, 0.4) is 0 Å². The Balaban J connectivity index is 1.47. The van der Waals surface area contributed by atoms with Crippen LogP contribution in [0, 0.1) is 5.82 Å². The Morgan fingerprint density at radius 3 is 2.70 bits per heavy atom. The van der Waals surface area contributed by atoms with Crippen molar-refractivity contribution in [2.24, 2.45) is 0 Å². The lowest BCUT2D eigenvalue weighted by atomic mass is 10.1. The molecule has 3 aromatic rings. The van der Waals surface area contributed by atoms with Gasteiger partial charge in [-0.15, -0.1) is 11.3 Å². The Morgan fingerprint density at radius 2 is 1.96 bits per heavy atom. The topological polar surface area (TPSA) is 41.5 Å². The fraction of sp³-hybridized carbons (Fsp3) is 0.400. The maximum absolute atomic E-state index is 13.6. The van der Waals surface area contributed by atoms with Crippen molar-refractivity contribution in [3.05, 3.63) is 46.9 Å². The molecule has 0 atom stereocenters. The lowest BCUT2D eigenvalue weighted by Gasteiger charge is -2.35. The molecule has 1 aliphatic heterocycles. The van der Waals surface area contributed by atoms with E-state index in [2.05, 4.69) is 32.8 Å². The van der Waals surface area contributed by atoms with Gasteiger partial charge in [0.05, 0.1) is 12.5 Å². The highest BCUT2D eigenvalue weighted by Gasteiger charge is 2.21. The fourth-order valence-electron chi connectivity index (χ4n) is 3.55. The molecule has 1 saturated heterocycles. The first-order valence-electron chi connectivity index (χ1n) is 9.21. The lowest BCUT2D eigenvalue weighted by Crippen LogP contribution is -2.46. The monoisotopic (exact) mass is 386 g/mol. The zero-order valence-electron chi connectivity index (χ0n) is 15.6. The molecule has 27 heavy (non-hydrogen) atoms. The van der Waals surface area contributed by atoms with Gasteiger partial charge >= 0.3 is 0 Å². The summed E-state index contributed by atoms with van der Waals surface area (Å²) in [6, 6.07) is 6.92. The third-order valence-electron chi connectivity index (χ3n) is 5.02. The van der Waals surface area contributed by atoms with Crippen molar-refractivity contribution in [1.29, 1.82) is 0 Å². The van der Waals surface area contributed by atoms with E-state index in [-0.39, 0.29) is 5.82 Å². The lowest BCUT2D eigenvalue weighted by molar-refractivity contribution is 0.245. The van der Waals surface area contributed by atoms with E-state index in [9.17, 15) is 4.39 Å². The first-order chi connectivity index (χ1) is 13.2. The quantitative estimate of drug-likeness (QED) is 0.668. The molecular weight excluding hydrogens is 363 g/mol. The molecule has 5 nitrogen and oxygen atoms in total. The molecule has 1 aliphatic rings. The second-order valence-corrected chi connectivity index (χ2v) is 7.82. The van der Waals surface area contributed by atoms with Gasteiger partial charge in [-0.3, -0.25) is 4.90 Å². The molecule has 0 unspecified atom stereocenters. The summed E-state index contributed by atoms with van der Waals surface area (Å²) in [4.78, 5) is 16.0. The molecule has 1 aromatic carbocycles. The molecule has 1 fully saturated rings. The van der Waals surface area contributed by atoms with E-state index in [1.165, 1.54) is 10.9 Å². The van der Waals surface area contributed by atoms with E-state index < -0.39 is 0 Å². The number of halogens is 1. The van der Waals surface area contributed by atoms with Crippen LogP contribution in [0.4, 0.5) is 10.2 Å². The van der Waals surface area contributed by atoms with Gasteiger partial charge in [-0.2, -0.15) is 0 Å². The average Bonchev–Trinajstić information content (AvgIpc) is 3.12. The first kappa shape index (κ1) is 18.1. The van der Waals surface area contributed by atoms with Gasteiger partial charge in [0.25, 0.3) is 0 Å². The van der Waals surface area contributed by atoms with Gasteiger partial charge in [-0.1, -0.05) is 6.92 Å². The van der Waals surface area contributed by atoms with E-state index in [1.807, 2.05) is 0 Å². The summed E-state index contributed by atoms with van der Waals surface area (Å²) in [5.41, 5.74) is 0.890. The van der Waals surface area contributed by atoms with Crippen molar-refractivity contribution in [1.82, 2.24) is 14.9 Å². The van der Waals surface area contributed by atoms with Crippen LogP contribution < -0.4 is 9.64 Å². The predicted molar refractivity (Wildman–Crippen MR) is 107 cm³/mol. The number of aromatic nitrogens is 2. The second-order valence-electron chi connectivity index (χ2n) is 6.70. The molecular formula is C20H23FN4OS. The summed E-state index contributed by atoms with van der Waals surface area (Å²) in [7, 11) is 1.63. The number of ether oxygens (including phenoxy) is 1. The molecule has 0 spiro atoms. The molecule has 142 valence electrons. The number of rotatable bonds is 5. The van der Waals surface area contributed by atoms with Crippen LogP contribution in [0.25, 0.3) is 10.2 Å². The molecule has 0 N–H and O–H groups in total. The Labute approximate surface area is 162 Å². The van der Waals surface area contributed by atoms with Crippen molar-refractivity contribution in [3.63, 3.8) is 0 Å².